The molecule has 1 atom stereocenters. The number of methoxy groups -OCH3 is 1. The average Bonchev–Trinajstić information content (AvgIpc) is 2.48. The van der Waals surface area contributed by atoms with Gasteiger partial charge >= 0.3 is 0 Å². The van der Waals surface area contributed by atoms with E-state index in [1.54, 1.807) is 7.11 Å². The van der Waals surface area contributed by atoms with Crippen molar-refractivity contribution in [3.8, 4) is 5.75 Å². The lowest BCUT2D eigenvalue weighted by Crippen LogP contribution is -1.94. The quantitative estimate of drug-likeness (QED) is 0.699. The van der Waals surface area contributed by atoms with E-state index in [2.05, 4.69) is 12.2 Å². The molecule has 0 bridgehead atoms. The van der Waals surface area contributed by atoms with E-state index in [0.29, 0.717) is 0 Å². The number of fused-ring (bicyclic) bond motifs is 1. The molecule has 0 aromatic heterocycles. The number of hydrogen-bond donors (Lipinski definition) is 1. The van der Waals surface area contributed by atoms with Gasteiger partial charge in [0.05, 0.1) is 12.5 Å². The molecule has 1 unspecified atom stereocenters. The molecule has 0 amide bonds. The predicted molar refractivity (Wildman–Crippen MR) is 54.8 cm³/mol. The Balaban J connectivity index is 2.53. The van der Waals surface area contributed by atoms with Gasteiger partial charge < -0.3 is 10.1 Å². The summed E-state index contributed by atoms with van der Waals surface area (Å²) in [7, 11) is 1.67. The van der Waals surface area contributed by atoms with Gasteiger partial charge in [0.1, 0.15) is 5.75 Å². The summed E-state index contributed by atoms with van der Waals surface area (Å²) < 4.78 is 5.18. The van der Waals surface area contributed by atoms with Gasteiger partial charge in [-0.05, 0) is 30.2 Å². The van der Waals surface area contributed by atoms with Crippen molar-refractivity contribution in [2.75, 3.05) is 19.0 Å². The number of halogens is 1. The number of rotatable bonds is 1. The lowest BCUT2D eigenvalue weighted by molar-refractivity contribution is 0.414. The van der Waals surface area contributed by atoms with Crippen molar-refractivity contribution in [2.24, 2.45) is 0 Å². The Morgan fingerprint density at radius 2 is 2.31 bits per heavy atom. The molecule has 3 heteroatoms. The number of hydrogen-bond acceptors (Lipinski definition) is 2. The van der Waals surface area contributed by atoms with Gasteiger partial charge in [0, 0.05) is 12.2 Å². The fraction of sp³-hybridized carbons (Fsp3) is 0.400. The molecule has 0 aliphatic carbocycles. The van der Waals surface area contributed by atoms with E-state index in [0.717, 1.165) is 17.9 Å². The molecule has 1 aliphatic heterocycles. The highest BCUT2D eigenvalue weighted by molar-refractivity contribution is 6.22. The normalized spacial score (nSPS) is 19.5. The zero-order chi connectivity index (χ0) is 9.42. The lowest BCUT2D eigenvalue weighted by atomic mass is 10.1. The summed E-state index contributed by atoms with van der Waals surface area (Å²) >= 11 is 6.13. The molecule has 1 aromatic carbocycles. The SMILES string of the molecule is COc1cc(C)c2c(c1)C(Cl)CN2. The third-order valence-electron chi connectivity index (χ3n) is 2.37. The van der Waals surface area contributed by atoms with Crippen LogP contribution in [0.15, 0.2) is 12.1 Å². The topological polar surface area (TPSA) is 21.3 Å². The van der Waals surface area contributed by atoms with Crippen LogP contribution in [0.4, 0.5) is 5.69 Å². The smallest absolute Gasteiger partial charge is 0.119 e. The van der Waals surface area contributed by atoms with Crippen molar-refractivity contribution in [1.29, 1.82) is 0 Å². The zero-order valence-corrected chi connectivity index (χ0v) is 8.48. The van der Waals surface area contributed by atoms with Crippen LogP contribution in [-0.4, -0.2) is 13.7 Å². The first-order chi connectivity index (χ1) is 6.22. The Bertz CT molecular complexity index is 338. The molecule has 0 saturated heterocycles. The molecule has 1 N–H and O–H groups in total. The van der Waals surface area contributed by atoms with Crippen LogP contribution in [0.1, 0.15) is 16.5 Å². The van der Waals surface area contributed by atoms with E-state index in [1.165, 1.54) is 11.3 Å². The number of nitrogens with one attached hydrogen (secondary N) is 1. The number of benzene rings is 1. The molecule has 2 nitrogen and oxygen atoms in total. The van der Waals surface area contributed by atoms with Crippen molar-refractivity contribution in [3.63, 3.8) is 0 Å². The van der Waals surface area contributed by atoms with Crippen LogP contribution in [0.2, 0.25) is 0 Å². The standard InChI is InChI=1S/C10H12ClNO/c1-6-3-7(13-2)4-8-9(11)5-12-10(6)8/h3-4,9,12H,5H2,1-2H3. The van der Waals surface area contributed by atoms with Gasteiger partial charge in [0.25, 0.3) is 0 Å². The number of ether oxygens (including phenoxy) is 1. The zero-order valence-electron chi connectivity index (χ0n) is 7.73. The van der Waals surface area contributed by atoms with Gasteiger partial charge in [-0.1, -0.05) is 0 Å². The monoisotopic (exact) mass is 197 g/mol. The van der Waals surface area contributed by atoms with E-state index < -0.39 is 0 Å². The molecular weight excluding hydrogens is 186 g/mol. The van der Waals surface area contributed by atoms with E-state index in [-0.39, 0.29) is 5.38 Å². The summed E-state index contributed by atoms with van der Waals surface area (Å²) in [5.74, 6) is 0.880. The van der Waals surface area contributed by atoms with Gasteiger partial charge in [0.2, 0.25) is 0 Å². The summed E-state index contributed by atoms with van der Waals surface area (Å²) in [6.07, 6.45) is 0. The van der Waals surface area contributed by atoms with Crippen LogP contribution < -0.4 is 10.1 Å². The highest BCUT2D eigenvalue weighted by atomic mass is 35.5. The van der Waals surface area contributed by atoms with Crippen molar-refractivity contribution >= 4 is 17.3 Å². The van der Waals surface area contributed by atoms with Gasteiger partial charge in [-0.2, -0.15) is 0 Å². The minimum absolute atomic E-state index is 0.0730. The van der Waals surface area contributed by atoms with Crippen LogP contribution in [0.5, 0.6) is 5.75 Å². The summed E-state index contributed by atoms with van der Waals surface area (Å²) in [6.45, 7) is 2.87. The van der Waals surface area contributed by atoms with E-state index in [4.69, 9.17) is 16.3 Å². The summed E-state index contributed by atoms with van der Waals surface area (Å²) in [5.41, 5.74) is 3.51. The van der Waals surface area contributed by atoms with Gasteiger partial charge in [-0.3, -0.25) is 0 Å². The Labute approximate surface area is 82.9 Å². The third-order valence-corrected chi connectivity index (χ3v) is 2.76. The highest BCUT2D eigenvalue weighted by Crippen LogP contribution is 2.38. The predicted octanol–water partition coefficient (Wildman–Crippen LogP) is 2.71. The molecule has 1 aromatic rings. The molecule has 1 heterocycles. The van der Waals surface area contributed by atoms with Crippen LogP contribution in [-0.2, 0) is 0 Å². The molecule has 1 aliphatic rings. The lowest BCUT2D eigenvalue weighted by Gasteiger charge is -2.08. The van der Waals surface area contributed by atoms with Crippen LogP contribution in [0, 0.1) is 6.92 Å². The van der Waals surface area contributed by atoms with Crippen molar-refractivity contribution in [2.45, 2.75) is 12.3 Å². The summed E-state index contributed by atoms with van der Waals surface area (Å²) in [4.78, 5) is 0. The minimum atomic E-state index is 0.0730. The molecule has 0 spiro atoms. The van der Waals surface area contributed by atoms with Gasteiger partial charge in [-0.15, -0.1) is 11.6 Å². The highest BCUT2D eigenvalue weighted by Gasteiger charge is 2.22. The Hall–Kier alpha value is -0.890. The number of alkyl halides is 1. The first-order valence-corrected chi connectivity index (χ1v) is 4.72. The van der Waals surface area contributed by atoms with Crippen molar-refractivity contribution in [3.05, 3.63) is 23.3 Å². The Morgan fingerprint density at radius 3 is 3.00 bits per heavy atom. The van der Waals surface area contributed by atoms with Crippen molar-refractivity contribution < 1.29 is 4.74 Å². The summed E-state index contributed by atoms with van der Waals surface area (Å²) in [5, 5.41) is 3.35. The summed E-state index contributed by atoms with van der Waals surface area (Å²) in [6, 6.07) is 4.01. The fourth-order valence-corrected chi connectivity index (χ4v) is 1.94. The number of anilines is 1. The molecule has 2 rings (SSSR count). The molecule has 13 heavy (non-hydrogen) atoms. The second kappa shape index (κ2) is 3.11. The Kier molecular flexibility index (Phi) is 2.08. The van der Waals surface area contributed by atoms with E-state index in [1.807, 2.05) is 12.1 Å². The second-order valence-electron chi connectivity index (χ2n) is 3.26. The first kappa shape index (κ1) is 8.70. The van der Waals surface area contributed by atoms with Crippen LogP contribution >= 0.6 is 11.6 Å². The maximum Gasteiger partial charge on any atom is 0.119 e. The number of aryl methyl sites for hydroxylation is 1. The first-order valence-electron chi connectivity index (χ1n) is 4.29. The fourth-order valence-electron chi connectivity index (χ4n) is 1.69. The molecule has 0 saturated carbocycles. The largest absolute Gasteiger partial charge is 0.497 e. The molecule has 0 radical (unpaired) electrons. The maximum absolute atomic E-state index is 6.13. The maximum atomic E-state index is 6.13. The second-order valence-corrected chi connectivity index (χ2v) is 3.78. The molecule has 0 fully saturated rings. The average molecular weight is 198 g/mol. The van der Waals surface area contributed by atoms with Crippen LogP contribution in [0.25, 0.3) is 0 Å². The Morgan fingerprint density at radius 1 is 1.54 bits per heavy atom. The van der Waals surface area contributed by atoms with Gasteiger partial charge in [0.15, 0.2) is 0 Å². The van der Waals surface area contributed by atoms with E-state index in [9.17, 15) is 0 Å². The van der Waals surface area contributed by atoms with E-state index >= 15 is 0 Å². The van der Waals surface area contributed by atoms with Crippen LogP contribution in [0.3, 0.4) is 0 Å². The molecule has 70 valence electrons. The third kappa shape index (κ3) is 1.35. The molecular formula is C10H12ClNO. The van der Waals surface area contributed by atoms with Crippen molar-refractivity contribution in [1.82, 2.24) is 0 Å². The minimum Gasteiger partial charge on any atom is -0.497 e. The van der Waals surface area contributed by atoms with Gasteiger partial charge in [-0.25, -0.2) is 0 Å².